The number of ether oxygens (including phenoxy) is 2. The Labute approximate surface area is 148 Å². The van der Waals surface area contributed by atoms with Crippen molar-refractivity contribution in [1.29, 1.82) is 5.26 Å². The van der Waals surface area contributed by atoms with Gasteiger partial charge in [-0.25, -0.2) is 9.97 Å². The zero-order chi connectivity index (χ0) is 18.0. The van der Waals surface area contributed by atoms with Gasteiger partial charge in [0.25, 0.3) is 0 Å². The van der Waals surface area contributed by atoms with Gasteiger partial charge in [0.1, 0.15) is 27.8 Å². The van der Waals surface area contributed by atoms with Crippen LogP contribution < -0.4 is 9.47 Å². The van der Waals surface area contributed by atoms with Gasteiger partial charge in [-0.05, 0) is 18.4 Å². The van der Waals surface area contributed by atoms with E-state index in [1.54, 1.807) is 0 Å². The summed E-state index contributed by atoms with van der Waals surface area (Å²) < 4.78 is 47.9. The highest BCUT2D eigenvalue weighted by molar-refractivity contribution is 8.00. The molecule has 128 valence electrons. The summed E-state index contributed by atoms with van der Waals surface area (Å²) in [5, 5.41) is 9.26. The van der Waals surface area contributed by atoms with Crippen LogP contribution in [0.2, 0.25) is 0 Å². The molecule has 5 nitrogen and oxygen atoms in total. The number of thiazole rings is 1. The molecule has 2 heterocycles. The molecular formula is C15H8F3N3O2S2. The van der Waals surface area contributed by atoms with Crippen molar-refractivity contribution in [3.05, 3.63) is 36.0 Å². The molecule has 0 fully saturated rings. The lowest BCUT2D eigenvalue weighted by Crippen LogP contribution is -2.17. The average Bonchev–Trinajstić information content (AvgIpc) is 2.97. The van der Waals surface area contributed by atoms with Crippen molar-refractivity contribution in [2.75, 3.05) is 6.26 Å². The number of nitrogens with zero attached hydrogens (tertiary/aromatic N) is 3. The topological polar surface area (TPSA) is 68.0 Å². The van der Waals surface area contributed by atoms with Crippen LogP contribution in [-0.4, -0.2) is 22.6 Å². The molecule has 0 aliphatic carbocycles. The maximum absolute atomic E-state index is 12.3. The van der Waals surface area contributed by atoms with Crippen molar-refractivity contribution in [3.8, 4) is 23.3 Å². The Hall–Kier alpha value is -2.51. The molecule has 0 amide bonds. The first-order valence-electron chi connectivity index (χ1n) is 6.67. The summed E-state index contributed by atoms with van der Waals surface area (Å²) in [5.74, 6) is -0.109. The standard InChI is InChI=1S/C15H8F3N3O2S2/c1-24-14-21-13-12(25-14)11(8(6-19)7-20-13)22-9-3-2-4-10(5-9)23-15(16,17)18/h2-5,7H,1H3. The van der Waals surface area contributed by atoms with Crippen molar-refractivity contribution in [3.63, 3.8) is 0 Å². The summed E-state index contributed by atoms with van der Waals surface area (Å²) in [6, 6.07) is 7.04. The van der Waals surface area contributed by atoms with E-state index in [2.05, 4.69) is 14.7 Å². The number of aromatic nitrogens is 2. The van der Waals surface area contributed by atoms with Crippen molar-refractivity contribution >= 4 is 33.4 Å². The van der Waals surface area contributed by atoms with E-state index >= 15 is 0 Å². The normalized spacial score (nSPS) is 11.3. The van der Waals surface area contributed by atoms with Gasteiger partial charge in [-0.15, -0.1) is 24.5 Å². The number of nitriles is 1. The van der Waals surface area contributed by atoms with Crippen molar-refractivity contribution < 1.29 is 22.6 Å². The van der Waals surface area contributed by atoms with Gasteiger partial charge in [-0.2, -0.15) is 5.26 Å². The van der Waals surface area contributed by atoms with E-state index in [-0.39, 0.29) is 17.1 Å². The monoisotopic (exact) mass is 383 g/mol. The maximum atomic E-state index is 12.3. The van der Waals surface area contributed by atoms with Crippen LogP contribution in [-0.2, 0) is 0 Å². The fraction of sp³-hybridized carbons (Fsp3) is 0.133. The molecule has 0 bridgehead atoms. The molecule has 1 aromatic carbocycles. The Balaban J connectivity index is 2.01. The van der Waals surface area contributed by atoms with Crippen LogP contribution in [0.3, 0.4) is 0 Å². The minimum Gasteiger partial charge on any atom is -0.454 e. The molecule has 0 atom stereocenters. The van der Waals surface area contributed by atoms with E-state index in [0.717, 1.165) is 16.5 Å². The van der Waals surface area contributed by atoms with Crippen LogP contribution >= 0.6 is 23.1 Å². The van der Waals surface area contributed by atoms with Gasteiger partial charge in [0.15, 0.2) is 15.7 Å². The summed E-state index contributed by atoms with van der Waals surface area (Å²) >= 11 is 2.70. The molecule has 0 aliphatic rings. The van der Waals surface area contributed by atoms with Crippen LogP contribution in [0, 0.1) is 11.3 Å². The summed E-state index contributed by atoms with van der Waals surface area (Å²) in [7, 11) is 0. The molecule has 0 aliphatic heterocycles. The van der Waals surface area contributed by atoms with E-state index in [9.17, 15) is 18.4 Å². The number of thioether (sulfide) groups is 1. The number of rotatable bonds is 4. The average molecular weight is 383 g/mol. The Morgan fingerprint density at radius 2 is 2.04 bits per heavy atom. The van der Waals surface area contributed by atoms with Gasteiger partial charge in [-0.1, -0.05) is 17.8 Å². The zero-order valence-corrected chi connectivity index (χ0v) is 14.1. The third-order valence-electron chi connectivity index (χ3n) is 2.91. The Bertz CT molecular complexity index is 967. The third kappa shape index (κ3) is 3.94. The molecule has 3 aromatic rings. The zero-order valence-electron chi connectivity index (χ0n) is 12.5. The molecule has 0 saturated heterocycles. The lowest BCUT2D eigenvalue weighted by molar-refractivity contribution is -0.274. The second kappa shape index (κ2) is 6.78. The van der Waals surface area contributed by atoms with Gasteiger partial charge in [0, 0.05) is 6.07 Å². The molecule has 3 rings (SSSR count). The van der Waals surface area contributed by atoms with Gasteiger partial charge in [0.2, 0.25) is 0 Å². The summed E-state index contributed by atoms with van der Waals surface area (Å²) in [4.78, 5) is 8.38. The van der Waals surface area contributed by atoms with Crippen LogP contribution in [0.15, 0.2) is 34.8 Å². The van der Waals surface area contributed by atoms with Crippen molar-refractivity contribution in [1.82, 2.24) is 9.97 Å². The second-order valence-corrected chi connectivity index (χ2v) is 6.63. The lowest BCUT2D eigenvalue weighted by atomic mass is 10.2. The highest BCUT2D eigenvalue weighted by Gasteiger charge is 2.31. The third-order valence-corrected chi connectivity index (χ3v) is 4.94. The van der Waals surface area contributed by atoms with Gasteiger partial charge in [0.05, 0.1) is 6.20 Å². The molecule has 10 heteroatoms. The fourth-order valence-electron chi connectivity index (χ4n) is 1.96. The second-order valence-electron chi connectivity index (χ2n) is 4.57. The molecule has 0 radical (unpaired) electrons. The lowest BCUT2D eigenvalue weighted by Gasteiger charge is -2.11. The minimum absolute atomic E-state index is 0.102. The Morgan fingerprint density at radius 1 is 1.28 bits per heavy atom. The first kappa shape index (κ1) is 17.3. The summed E-state index contributed by atoms with van der Waals surface area (Å²) in [6.45, 7) is 0. The summed E-state index contributed by atoms with van der Waals surface area (Å²) in [6.07, 6.45) is -1.63. The highest BCUT2D eigenvalue weighted by atomic mass is 32.2. The quantitative estimate of drug-likeness (QED) is 0.592. The first-order valence-corrected chi connectivity index (χ1v) is 8.71. The number of hydrogen-bond acceptors (Lipinski definition) is 7. The molecule has 0 saturated carbocycles. The number of fused-ring (bicyclic) bond motifs is 1. The summed E-state index contributed by atoms with van der Waals surface area (Å²) in [5.41, 5.74) is 0.567. The largest absolute Gasteiger partial charge is 0.573 e. The number of pyridine rings is 1. The van der Waals surface area contributed by atoms with E-state index in [1.165, 1.54) is 41.4 Å². The van der Waals surface area contributed by atoms with Crippen LogP contribution in [0.1, 0.15) is 5.56 Å². The van der Waals surface area contributed by atoms with Gasteiger partial charge in [-0.3, -0.25) is 0 Å². The van der Waals surface area contributed by atoms with Gasteiger partial charge >= 0.3 is 6.36 Å². The Morgan fingerprint density at radius 3 is 2.72 bits per heavy atom. The Kier molecular flexibility index (Phi) is 4.69. The molecular weight excluding hydrogens is 375 g/mol. The van der Waals surface area contributed by atoms with E-state index < -0.39 is 12.1 Å². The predicted molar refractivity (Wildman–Crippen MR) is 87.1 cm³/mol. The molecule has 0 spiro atoms. The smallest absolute Gasteiger partial charge is 0.454 e. The number of alkyl halides is 3. The van der Waals surface area contributed by atoms with Crippen LogP contribution in [0.4, 0.5) is 13.2 Å². The number of hydrogen-bond donors (Lipinski definition) is 0. The van der Waals surface area contributed by atoms with Crippen molar-refractivity contribution in [2.24, 2.45) is 0 Å². The highest BCUT2D eigenvalue weighted by Crippen LogP contribution is 2.39. The van der Waals surface area contributed by atoms with Crippen molar-refractivity contribution in [2.45, 2.75) is 10.7 Å². The molecule has 0 unspecified atom stereocenters. The molecule has 0 N–H and O–H groups in total. The van der Waals surface area contributed by atoms with Crippen LogP contribution in [0.25, 0.3) is 10.3 Å². The predicted octanol–water partition coefficient (Wildman–Crippen LogP) is 4.98. The molecule has 25 heavy (non-hydrogen) atoms. The molecule has 2 aromatic heterocycles. The van der Waals surface area contributed by atoms with E-state index in [0.29, 0.717) is 10.3 Å². The van der Waals surface area contributed by atoms with E-state index in [1.807, 2.05) is 12.3 Å². The fourth-order valence-corrected chi connectivity index (χ4v) is 3.46. The number of benzene rings is 1. The minimum atomic E-state index is -4.80. The van der Waals surface area contributed by atoms with Gasteiger partial charge < -0.3 is 9.47 Å². The SMILES string of the molecule is CSc1nc2ncc(C#N)c(Oc3cccc(OC(F)(F)F)c3)c2s1. The first-order chi connectivity index (χ1) is 11.9. The van der Waals surface area contributed by atoms with E-state index in [4.69, 9.17) is 4.74 Å². The van der Waals surface area contributed by atoms with Crippen LogP contribution in [0.5, 0.6) is 17.2 Å². The number of halogens is 3. The maximum Gasteiger partial charge on any atom is 0.573 e.